The Balaban J connectivity index is 2.77. The van der Waals surface area contributed by atoms with Gasteiger partial charge in [0, 0.05) is 11.3 Å². The Hall–Kier alpha value is -1.29. The fraction of sp³-hybridized carbons (Fsp3) is 0.538. The average molecular weight is 241 g/mol. The summed E-state index contributed by atoms with van der Waals surface area (Å²) in [6.07, 6.45) is 0.923. The molecule has 0 fully saturated rings. The Morgan fingerprint density at radius 1 is 1.35 bits per heavy atom. The van der Waals surface area contributed by atoms with E-state index in [4.69, 9.17) is 15.2 Å². The molecule has 0 aromatic heterocycles. The van der Waals surface area contributed by atoms with Crippen molar-refractivity contribution in [3.8, 4) is 5.75 Å². The van der Waals surface area contributed by atoms with Gasteiger partial charge in [-0.2, -0.15) is 0 Å². The Morgan fingerprint density at radius 2 is 2.06 bits per heavy atom. The number of rotatable bonds is 6. The van der Waals surface area contributed by atoms with Crippen LogP contribution in [0.15, 0.2) is 18.2 Å². The topological polar surface area (TPSA) is 44.5 Å². The first-order chi connectivity index (χ1) is 7.95. The van der Waals surface area contributed by atoms with Crippen LogP contribution in [-0.2, 0) is 10.4 Å². The van der Waals surface area contributed by atoms with Crippen LogP contribution in [0.1, 0.15) is 32.8 Å². The van der Waals surface area contributed by atoms with Crippen LogP contribution in [0.2, 0.25) is 0 Å². The first-order valence-electron chi connectivity index (χ1n) is 5.74. The smallest absolute Gasteiger partial charge is 0.189 e. The van der Waals surface area contributed by atoms with E-state index in [1.165, 1.54) is 13.8 Å². The molecule has 0 radical (unpaired) electrons. The van der Waals surface area contributed by atoms with Crippen LogP contribution in [-0.4, -0.2) is 13.4 Å². The van der Waals surface area contributed by atoms with E-state index in [9.17, 15) is 4.39 Å². The Kier molecular flexibility index (Phi) is 4.75. The SMILES string of the molecule is CCCOCOc1ccc(N)cc1C(C)(C)F. The molecule has 1 aromatic carbocycles. The normalized spacial score (nSPS) is 11.5. The molecular formula is C13H20FNO2. The Morgan fingerprint density at radius 3 is 2.65 bits per heavy atom. The third-order valence-corrected chi connectivity index (χ3v) is 2.29. The van der Waals surface area contributed by atoms with Gasteiger partial charge in [0.25, 0.3) is 0 Å². The zero-order chi connectivity index (χ0) is 12.9. The molecule has 1 aromatic rings. The number of nitrogens with two attached hydrogens (primary N) is 1. The minimum Gasteiger partial charge on any atom is -0.467 e. The number of anilines is 1. The number of hydrogen-bond acceptors (Lipinski definition) is 3. The van der Waals surface area contributed by atoms with Crippen LogP contribution in [0.4, 0.5) is 10.1 Å². The van der Waals surface area contributed by atoms with Gasteiger partial charge in [-0.25, -0.2) is 4.39 Å². The third kappa shape index (κ3) is 4.23. The molecule has 0 bridgehead atoms. The lowest BCUT2D eigenvalue weighted by Crippen LogP contribution is -2.13. The fourth-order valence-electron chi connectivity index (χ4n) is 1.45. The maximum atomic E-state index is 14.0. The van der Waals surface area contributed by atoms with Crippen molar-refractivity contribution in [2.45, 2.75) is 32.9 Å². The van der Waals surface area contributed by atoms with Crippen LogP contribution in [0.3, 0.4) is 0 Å². The van der Waals surface area contributed by atoms with E-state index >= 15 is 0 Å². The minimum absolute atomic E-state index is 0.126. The summed E-state index contributed by atoms with van der Waals surface area (Å²) in [7, 11) is 0. The highest BCUT2D eigenvalue weighted by atomic mass is 19.1. The first-order valence-corrected chi connectivity index (χ1v) is 5.74. The van der Waals surface area contributed by atoms with E-state index in [2.05, 4.69) is 0 Å². The summed E-state index contributed by atoms with van der Waals surface area (Å²) in [6.45, 7) is 5.71. The molecule has 0 aliphatic carbocycles. The monoisotopic (exact) mass is 241 g/mol. The van der Waals surface area contributed by atoms with Crippen LogP contribution in [0, 0.1) is 0 Å². The van der Waals surface area contributed by atoms with E-state index in [1.54, 1.807) is 18.2 Å². The number of nitrogen functional groups attached to an aromatic ring is 1. The second-order valence-corrected chi connectivity index (χ2v) is 4.40. The van der Waals surface area contributed by atoms with Gasteiger partial charge in [-0.15, -0.1) is 0 Å². The minimum atomic E-state index is -1.49. The van der Waals surface area contributed by atoms with E-state index in [0.29, 0.717) is 23.6 Å². The van der Waals surface area contributed by atoms with Gasteiger partial charge >= 0.3 is 0 Å². The maximum absolute atomic E-state index is 14.0. The van der Waals surface area contributed by atoms with Gasteiger partial charge in [0.1, 0.15) is 11.4 Å². The summed E-state index contributed by atoms with van der Waals surface area (Å²) in [5.74, 6) is 0.475. The molecule has 0 saturated carbocycles. The van der Waals surface area contributed by atoms with Crippen LogP contribution in [0.5, 0.6) is 5.75 Å². The molecule has 96 valence electrons. The molecule has 0 saturated heterocycles. The van der Waals surface area contributed by atoms with E-state index in [-0.39, 0.29) is 6.79 Å². The molecule has 17 heavy (non-hydrogen) atoms. The number of hydrogen-bond donors (Lipinski definition) is 1. The Bertz CT molecular complexity index is 361. The lowest BCUT2D eigenvalue weighted by Gasteiger charge is -2.19. The second-order valence-electron chi connectivity index (χ2n) is 4.40. The van der Waals surface area contributed by atoms with Gasteiger partial charge in [-0.1, -0.05) is 6.92 Å². The molecule has 0 spiro atoms. The van der Waals surface area contributed by atoms with Crippen molar-refractivity contribution < 1.29 is 13.9 Å². The molecule has 3 nitrogen and oxygen atoms in total. The standard InChI is InChI=1S/C13H20FNO2/c1-4-7-16-9-17-12-6-5-10(15)8-11(12)13(2,3)14/h5-6,8H,4,7,9,15H2,1-3H3. The summed E-state index contributed by atoms with van der Waals surface area (Å²) in [5, 5.41) is 0. The zero-order valence-corrected chi connectivity index (χ0v) is 10.6. The summed E-state index contributed by atoms with van der Waals surface area (Å²) < 4.78 is 24.6. The number of ether oxygens (including phenoxy) is 2. The van der Waals surface area contributed by atoms with Gasteiger partial charge in [-0.3, -0.25) is 0 Å². The van der Waals surface area contributed by atoms with Gasteiger partial charge < -0.3 is 15.2 Å². The lowest BCUT2D eigenvalue weighted by atomic mass is 9.98. The molecule has 0 heterocycles. The van der Waals surface area contributed by atoms with Crippen molar-refractivity contribution in [3.63, 3.8) is 0 Å². The van der Waals surface area contributed by atoms with Crippen LogP contribution < -0.4 is 10.5 Å². The summed E-state index contributed by atoms with van der Waals surface area (Å²) >= 11 is 0. The van der Waals surface area contributed by atoms with Gasteiger partial charge in [0.2, 0.25) is 0 Å². The lowest BCUT2D eigenvalue weighted by molar-refractivity contribution is 0.0136. The van der Waals surface area contributed by atoms with Gasteiger partial charge in [-0.05, 0) is 38.5 Å². The van der Waals surface area contributed by atoms with Gasteiger partial charge in [0.15, 0.2) is 6.79 Å². The number of halogens is 1. The van der Waals surface area contributed by atoms with E-state index in [0.717, 1.165) is 6.42 Å². The van der Waals surface area contributed by atoms with Crippen molar-refractivity contribution in [2.24, 2.45) is 0 Å². The predicted octanol–water partition coefficient (Wildman–Crippen LogP) is 3.24. The molecular weight excluding hydrogens is 221 g/mol. The van der Waals surface area contributed by atoms with Crippen molar-refractivity contribution in [1.29, 1.82) is 0 Å². The van der Waals surface area contributed by atoms with E-state index < -0.39 is 5.67 Å². The summed E-state index contributed by atoms with van der Waals surface area (Å²) in [4.78, 5) is 0. The number of alkyl halides is 1. The predicted molar refractivity (Wildman–Crippen MR) is 66.7 cm³/mol. The maximum Gasteiger partial charge on any atom is 0.189 e. The van der Waals surface area contributed by atoms with E-state index in [1.807, 2.05) is 6.92 Å². The molecule has 0 unspecified atom stereocenters. The molecule has 0 amide bonds. The van der Waals surface area contributed by atoms with Crippen molar-refractivity contribution in [2.75, 3.05) is 19.1 Å². The zero-order valence-electron chi connectivity index (χ0n) is 10.6. The highest BCUT2D eigenvalue weighted by Gasteiger charge is 2.23. The largest absolute Gasteiger partial charge is 0.467 e. The van der Waals surface area contributed by atoms with Gasteiger partial charge in [0.05, 0.1) is 6.61 Å². The number of benzene rings is 1. The quantitative estimate of drug-likeness (QED) is 0.472. The van der Waals surface area contributed by atoms with Crippen LogP contribution in [0.25, 0.3) is 0 Å². The van der Waals surface area contributed by atoms with Crippen molar-refractivity contribution in [1.82, 2.24) is 0 Å². The van der Waals surface area contributed by atoms with Crippen molar-refractivity contribution >= 4 is 5.69 Å². The molecule has 0 atom stereocenters. The van der Waals surface area contributed by atoms with Crippen LogP contribution >= 0.6 is 0 Å². The average Bonchev–Trinajstić information content (AvgIpc) is 2.25. The molecule has 2 N–H and O–H groups in total. The molecule has 0 aliphatic rings. The Labute approximate surface area is 102 Å². The molecule has 0 aliphatic heterocycles. The fourth-order valence-corrected chi connectivity index (χ4v) is 1.45. The molecule has 1 rings (SSSR count). The van der Waals surface area contributed by atoms with Crippen molar-refractivity contribution in [3.05, 3.63) is 23.8 Å². The molecule has 4 heteroatoms. The summed E-state index contributed by atoms with van der Waals surface area (Å²) in [5.41, 5.74) is 5.12. The highest BCUT2D eigenvalue weighted by Crippen LogP contribution is 2.34. The summed E-state index contributed by atoms with van der Waals surface area (Å²) in [6, 6.07) is 4.95. The second kappa shape index (κ2) is 5.87. The first kappa shape index (κ1) is 13.8. The highest BCUT2D eigenvalue weighted by molar-refractivity contribution is 5.49. The third-order valence-electron chi connectivity index (χ3n) is 2.29.